The third-order valence-electron chi connectivity index (χ3n) is 7.75. The fourth-order valence-corrected chi connectivity index (χ4v) is 6.06. The lowest BCUT2D eigenvalue weighted by Crippen LogP contribution is -2.50. The summed E-state index contributed by atoms with van der Waals surface area (Å²) in [5.41, 5.74) is 2.09. The Kier molecular flexibility index (Phi) is 6.09. The third kappa shape index (κ3) is 3.71. The van der Waals surface area contributed by atoms with Crippen LogP contribution in [-0.4, -0.2) is 58.0 Å². The van der Waals surface area contributed by atoms with Gasteiger partial charge >= 0.3 is 0 Å². The van der Waals surface area contributed by atoms with E-state index < -0.39 is 29.7 Å². The summed E-state index contributed by atoms with van der Waals surface area (Å²) in [4.78, 5) is 43.4. The van der Waals surface area contributed by atoms with Crippen molar-refractivity contribution < 1.29 is 19.1 Å². The molecule has 4 atom stereocenters. The highest BCUT2D eigenvalue weighted by molar-refractivity contribution is 5.98. The molecule has 1 aromatic heterocycles. The lowest BCUT2D eigenvalue weighted by molar-refractivity contribution is -0.134. The van der Waals surface area contributed by atoms with E-state index in [1.807, 2.05) is 12.1 Å². The van der Waals surface area contributed by atoms with Gasteiger partial charge in [-0.2, -0.15) is 0 Å². The summed E-state index contributed by atoms with van der Waals surface area (Å²) >= 11 is 0. The largest absolute Gasteiger partial charge is 0.396 e. The molecule has 7 nitrogen and oxygen atoms in total. The van der Waals surface area contributed by atoms with Crippen LogP contribution in [0.4, 0.5) is 4.39 Å². The summed E-state index contributed by atoms with van der Waals surface area (Å²) in [6, 6.07) is 7.79. The van der Waals surface area contributed by atoms with Gasteiger partial charge in [-0.05, 0) is 55.5 Å². The number of amides is 2. The molecule has 0 saturated carbocycles. The minimum atomic E-state index is -0.957. The lowest BCUT2D eigenvalue weighted by Gasteiger charge is -2.32. The van der Waals surface area contributed by atoms with Crippen LogP contribution in [0.2, 0.25) is 0 Å². The van der Waals surface area contributed by atoms with Crippen LogP contribution in [-0.2, 0) is 11.3 Å². The number of aliphatic hydroxyl groups is 1. The van der Waals surface area contributed by atoms with E-state index in [2.05, 4.69) is 6.08 Å². The van der Waals surface area contributed by atoms with Crippen LogP contribution in [0.3, 0.4) is 0 Å². The van der Waals surface area contributed by atoms with Gasteiger partial charge in [-0.1, -0.05) is 18.2 Å². The number of aliphatic hydroxyl groups excluding tert-OH is 1. The first-order chi connectivity index (χ1) is 16.8. The summed E-state index contributed by atoms with van der Waals surface area (Å²) in [5, 5.41) is 10.4. The highest BCUT2D eigenvalue weighted by Crippen LogP contribution is 2.50. The predicted octanol–water partition coefficient (Wildman–Crippen LogP) is 2.84. The molecule has 3 heterocycles. The van der Waals surface area contributed by atoms with E-state index in [0.29, 0.717) is 17.8 Å². The van der Waals surface area contributed by atoms with Gasteiger partial charge < -0.3 is 19.5 Å². The molecule has 3 aliphatic rings. The van der Waals surface area contributed by atoms with Gasteiger partial charge in [-0.3, -0.25) is 14.4 Å². The van der Waals surface area contributed by atoms with Crippen LogP contribution in [0.5, 0.6) is 0 Å². The van der Waals surface area contributed by atoms with Crippen LogP contribution >= 0.6 is 0 Å². The van der Waals surface area contributed by atoms with Crippen molar-refractivity contribution in [2.24, 2.45) is 11.8 Å². The molecule has 1 saturated heterocycles. The average Bonchev–Trinajstić information content (AvgIpc) is 3.39. The molecule has 35 heavy (non-hydrogen) atoms. The van der Waals surface area contributed by atoms with Crippen molar-refractivity contribution in [2.75, 3.05) is 20.7 Å². The minimum Gasteiger partial charge on any atom is -0.396 e. The Morgan fingerprint density at radius 2 is 1.91 bits per heavy atom. The zero-order valence-electron chi connectivity index (χ0n) is 20.0. The number of allylic oxidation sites excluding steroid dienone is 2. The molecular weight excluding hydrogens is 449 g/mol. The van der Waals surface area contributed by atoms with E-state index in [4.69, 9.17) is 0 Å². The number of rotatable bonds is 4. The second-order valence-electron chi connectivity index (χ2n) is 9.89. The van der Waals surface area contributed by atoms with Crippen molar-refractivity contribution in [1.29, 1.82) is 0 Å². The van der Waals surface area contributed by atoms with E-state index in [1.54, 1.807) is 24.7 Å². The summed E-state index contributed by atoms with van der Waals surface area (Å²) in [6.07, 6.45) is 6.10. The van der Waals surface area contributed by atoms with E-state index in [-0.39, 0.29) is 29.6 Å². The SMILES string of the molecule is CN(C)C(=O)[C@H]1[C@H](CO)[C@H]2Cn3c(ccc(C4=CCCCC4)c3=O)[C@H]2N1C(=O)c1ccccc1F. The first-order valence-electron chi connectivity index (χ1n) is 12.2. The van der Waals surface area contributed by atoms with Crippen molar-refractivity contribution in [3.63, 3.8) is 0 Å². The quantitative estimate of drug-likeness (QED) is 0.731. The van der Waals surface area contributed by atoms with Crippen LogP contribution in [0, 0.1) is 17.7 Å². The van der Waals surface area contributed by atoms with Gasteiger partial charge in [0.25, 0.3) is 11.5 Å². The first-order valence-corrected chi connectivity index (χ1v) is 12.2. The highest BCUT2D eigenvalue weighted by atomic mass is 19.1. The zero-order chi connectivity index (χ0) is 24.9. The van der Waals surface area contributed by atoms with Crippen LogP contribution in [0.15, 0.2) is 47.3 Å². The van der Waals surface area contributed by atoms with Gasteiger partial charge in [0.2, 0.25) is 5.91 Å². The number of benzene rings is 1. The molecule has 5 rings (SSSR count). The Hall–Kier alpha value is -3.26. The normalized spacial score (nSPS) is 25.1. The van der Waals surface area contributed by atoms with Crippen LogP contribution in [0.1, 0.15) is 53.3 Å². The van der Waals surface area contributed by atoms with Gasteiger partial charge in [-0.15, -0.1) is 0 Å². The molecule has 0 bridgehead atoms. The Morgan fingerprint density at radius 1 is 1.14 bits per heavy atom. The standard InChI is InChI=1S/C27H30FN3O4/c1-29(2)27(35)24-20(15-32)19-14-30-22(13-12-17(25(30)33)16-8-4-3-5-9-16)23(19)31(24)26(34)18-10-6-7-11-21(18)28/h6-8,10-13,19-20,23-24,32H,3-5,9,14-15H2,1-2H3/t19-,20-,23+,24-/m1/s1. The molecule has 1 aliphatic carbocycles. The number of likely N-dealkylation sites (N-methyl/N-ethyl adjacent to an activating group) is 1. The maximum Gasteiger partial charge on any atom is 0.258 e. The Morgan fingerprint density at radius 3 is 2.57 bits per heavy atom. The number of halogens is 1. The van der Waals surface area contributed by atoms with Crippen LogP contribution < -0.4 is 5.56 Å². The Bertz CT molecular complexity index is 1270. The molecule has 1 N–H and O–H groups in total. The molecule has 2 amide bonds. The van der Waals surface area contributed by atoms with Gasteiger partial charge in [0, 0.05) is 50.3 Å². The summed E-state index contributed by atoms with van der Waals surface area (Å²) in [6.45, 7) is -0.0311. The van der Waals surface area contributed by atoms with Gasteiger partial charge in [0.15, 0.2) is 0 Å². The molecule has 0 unspecified atom stereocenters. The number of hydrogen-bond donors (Lipinski definition) is 1. The van der Waals surface area contributed by atoms with E-state index >= 15 is 0 Å². The molecule has 2 aliphatic heterocycles. The molecular formula is C27H30FN3O4. The highest BCUT2D eigenvalue weighted by Gasteiger charge is 2.58. The average molecular weight is 480 g/mol. The summed E-state index contributed by atoms with van der Waals surface area (Å²) < 4.78 is 16.3. The van der Waals surface area contributed by atoms with Crippen LogP contribution in [0.25, 0.3) is 5.57 Å². The monoisotopic (exact) mass is 479 g/mol. The number of likely N-dealkylation sites (tertiary alicyclic amines) is 1. The van der Waals surface area contributed by atoms with E-state index in [1.165, 1.54) is 28.0 Å². The number of nitrogens with zero attached hydrogens (tertiary/aromatic N) is 3. The molecule has 184 valence electrons. The fraction of sp³-hybridized carbons (Fsp3) is 0.444. The lowest BCUT2D eigenvalue weighted by atomic mass is 9.88. The molecule has 1 aromatic carbocycles. The van der Waals surface area contributed by atoms with Gasteiger partial charge in [-0.25, -0.2) is 4.39 Å². The first kappa shape index (κ1) is 23.5. The minimum absolute atomic E-state index is 0.115. The Balaban J connectivity index is 1.64. The molecule has 0 radical (unpaired) electrons. The van der Waals surface area contributed by atoms with Crippen molar-refractivity contribution in [3.05, 3.63) is 75.5 Å². The van der Waals surface area contributed by atoms with Gasteiger partial charge in [0.1, 0.15) is 11.9 Å². The zero-order valence-corrected chi connectivity index (χ0v) is 20.0. The predicted molar refractivity (Wildman–Crippen MR) is 129 cm³/mol. The van der Waals surface area contributed by atoms with E-state index in [0.717, 1.165) is 31.3 Å². The second kappa shape index (κ2) is 9.07. The summed E-state index contributed by atoms with van der Waals surface area (Å²) in [7, 11) is 3.19. The smallest absolute Gasteiger partial charge is 0.258 e. The fourth-order valence-electron chi connectivity index (χ4n) is 6.06. The molecule has 8 heteroatoms. The second-order valence-corrected chi connectivity index (χ2v) is 9.89. The number of aromatic nitrogens is 1. The number of carbonyl (C=O) groups is 2. The number of hydrogen-bond acceptors (Lipinski definition) is 4. The maximum atomic E-state index is 14.7. The van der Waals surface area contributed by atoms with Gasteiger partial charge in [0.05, 0.1) is 11.6 Å². The van der Waals surface area contributed by atoms with Crippen molar-refractivity contribution >= 4 is 17.4 Å². The topological polar surface area (TPSA) is 82.8 Å². The molecule has 0 spiro atoms. The molecule has 1 fully saturated rings. The molecule has 2 aromatic rings. The number of pyridine rings is 1. The van der Waals surface area contributed by atoms with Crippen molar-refractivity contribution in [3.8, 4) is 0 Å². The van der Waals surface area contributed by atoms with Crippen molar-refractivity contribution in [2.45, 2.75) is 44.3 Å². The van der Waals surface area contributed by atoms with E-state index in [9.17, 15) is 23.9 Å². The number of fused-ring (bicyclic) bond motifs is 3. The number of carbonyl (C=O) groups excluding carboxylic acids is 2. The van der Waals surface area contributed by atoms with Crippen molar-refractivity contribution in [1.82, 2.24) is 14.4 Å². The maximum absolute atomic E-state index is 14.7. The summed E-state index contributed by atoms with van der Waals surface area (Å²) in [5.74, 6) is -2.54. The Labute approximate surface area is 203 Å². The third-order valence-corrected chi connectivity index (χ3v) is 7.75.